The maximum absolute atomic E-state index is 6.18. The lowest BCUT2D eigenvalue weighted by Crippen LogP contribution is -2.38. The minimum atomic E-state index is 0. The van der Waals surface area contributed by atoms with E-state index >= 15 is 0 Å². The zero-order valence-corrected chi connectivity index (χ0v) is 17.3. The molecule has 0 atom stereocenters. The maximum atomic E-state index is 6.18. The number of hydrogen-bond acceptors (Lipinski definition) is 2. The first kappa shape index (κ1) is 21.0. The molecule has 4 nitrogen and oxygen atoms in total. The van der Waals surface area contributed by atoms with Gasteiger partial charge in [-0.2, -0.15) is 0 Å². The molecule has 0 spiro atoms. The van der Waals surface area contributed by atoms with Crippen molar-refractivity contribution in [3.63, 3.8) is 0 Å². The lowest BCUT2D eigenvalue weighted by molar-refractivity contribution is 0.797. The number of nitrogens with zero attached hydrogens (tertiary/aromatic N) is 2. The fraction of sp³-hybridized carbons (Fsp3) is 0.294. The Balaban J connectivity index is 0.00000288. The van der Waals surface area contributed by atoms with Crippen LogP contribution in [0.15, 0.2) is 47.6 Å². The molecule has 2 rings (SSSR count). The smallest absolute Gasteiger partial charge is 0.191 e. The molecule has 1 aromatic carbocycles. The first-order chi connectivity index (χ1) is 11.2. The molecule has 130 valence electrons. The van der Waals surface area contributed by atoms with E-state index in [9.17, 15) is 0 Å². The number of aromatic nitrogens is 1. The third-order valence-corrected chi connectivity index (χ3v) is 3.91. The molecular weight excluding hydrogens is 458 g/mol. The number of aliphatic imine (C=N–C) groups is 1. The van der Waals surface area contributed by atoms with Crippen LogP contribution in [-0.2, 0) is 13.0 Å². The quantitative estimate of drug-likeness (QED) is 0.369. The van der Waals surface area contributed by atoms with Crippen LogP contribution in [0.4, 0.5) is 0 Å². The summed E-state index contributed by atoms with van der Waals surface area (Å²) in [7, 11) is 0. The van der Waals surface area contributed by atoms with Gasteiger partial charge in [-0.05, 0) is 43.2 Å². The number of guanidine groups is 1. The van der Waals surface area contributed by atoms with Gasteiger partial charge in [0.2, 0.25) is 0 Å². The molecule has 7 heteroatoms. The van der Waals surface area contributed by atoms with Crippen LogP contribution in [0.1, 0.15) is 18.2 Å². The summed E-state index contributed by atoms with van der Waals surface area (Å²) in [6, 6.07) is 11.4. The summed E-state index contributed by atoms with van der Waals surface area (Å²) >= 11 is 12.4. The fourth-order valence-corrected chi connectivity index (χ4v) is 2.66. The zero-order valence-electron chi connectivity index (χ0n) is 13.4. The average molecular weight is 479 g/mol. The predicted octanol–water partition coefficient (Wildman–Crippen LogP) is 4.30. The standard InChI is InChI=1S/C17H20Cl2N4.HI/c1-2-20-17(23-12-13-6-3-4-10-21-13)22-11-9-14-15(18)7-5-8-16(14)19;/h3-8,10H,2,9,11-12H2,1H3,(H2,20,22,23);1H. The van der Waals surface area contributed by atoms with Crippen molar-refractivity contribution >= 4 is 53.1 Å². The molecule has 2 aromatic rings. The Labute approximate surface area is 170 Å². The van der Waals surface area contributed by atoms with Crippen molar-refractivity contribution in [2.75, 3.05) is 13.1 Å². The number of benzene rings is 1. The van der Waals surface area contributed by atoms with Gasteiger partial charge in [0.1, 0.15) is 0 Å². The topological polar surface area (TPSA) is 49.3 Å². The second-order valence-electron chi connectivity index (χ2n) is 4.89. The molecule has 0 amide bonds. The van der Waals surface area contributed by atoms with E-state index in [2.05, 4.69) is 20.6 Å². The zero-order chi connectivity index (χ0) is 16.5. The molecule has 1 heterocycles. The fourth-order valence-electron chi connectivity index (χ4n) is 2.07. The van der Waals surface area contributed by atoms with Crippen LogP contribution in [0.3, 0.4) is 0 Å². The maximum Gasteiger partial charge on any atom is 0.191 e. The molecule has 0 bridgehead atoms. The summed E-state index contributed by atoms with van der Waals surface area (Å²) < 4.78 is 0. The van der Waals surface area contributed by atoms with Gasteiger partial charge in [0.15, 0.2) is 5.96 Å². The average Bonchev–Trinajstić information content (AvgIpc) is 2.56. The van der Waals surface area contributed by atoms with Crippen LogP contribution in [0.25, 0.3) is 0 Å². The Morgan fingerprint density at radius 1 is 1.08 bits per heavy atom. The van der Waals surface area contributed by atoms with Crippen molar-refractivity contribution in [1.29, 1.82) is 0 Å². The van der Waals surface area contributed by atoms with Crippen molar-refractivity contribution in [1.82, 2.24) is 15.6 Å². The highest BCUT2D eigenvalue weighted by Gasteiger charge is 2.05. The van der Waals surface area contributed by atoms with Gasteiger partial charge in [0, 0.05) is 29.3 Å². The van der Waals surface area contributed by atoms with Crippen LogP contribution in [0, 0.1) is 0 Å². The van der Waals surface area contributed by atoms with E-state index < -0.39 is 0 Å². The Kier molecular flexibility index (Phi) is 10.1. The lowest BCUT2D eigenvalue weighted by atomic mass is 10.1. The third-order valence-electron chi connectivity index (χ3n) is 3.20. The van der Waals surface area contributed by atoms with Gasteiger partial charge in [-0.1, -0.05) is 35.3 Å². The first-order valence-electron chi connectivity index (χ1n) is 7.55. The molecule has 0 fully saturated rings. The highest BCUT2D eigenvalue weighted by Crippen LogP contribution is 2.24. The monoisotopic (exact) mass is 478 g/mol. The van der Waals surface area contributed by atoms with Crippen molar-refractivity contribution in [3.05, 3.63) is 63.9 Å². The molecular formula is C17H21Cl2IN4. The van der Waals surface area contributed by atoms with Gasteiger partial charge in [-0.15, -0.1) is 24.0 Å². The van der Waals surface area contributed by atoms with Crippen LogP contribution in [-0.4, -0.2) is 24.0 Å². The van der Waals surface area contributed by atoms with Gasteiger partial charge in [-0.3, -0.25) is 4.98 Å². The number of nitrogens with one attached hydrogen (secondary N) is 2. The van der Waals surface area contributed by atoms with Gasteiger partial charge >= 0.3 is 0 Å². The van der Waals surface area contributed by atoms with Crippen molar-refractivity contribution in [3.8, 4) is 0 Å². The Hall–Kier alpha value is -1.05. The summed E-state index contributed by atoms with van der Waals surface area (Å²) in [4.78, 5) is 8.79. The number of hydrogen-bond donors (Lipinski definition) is 2. The lowest BCUT2D eigenvalue weighted by Gasteiger charge is -2.12. The van der Waals surface area contributed by atoms with Gasteiger partial charge in [0.25, 0.3) is 0 Å². The molecule has 0 aliphatic heterocycles. The minimum Gasteiger partial charge on any atom is -0.357 e. The van der Waals surface area contributed by atoms with E-state index in [1.807, 2.05) is 43.3 Å². The summed E-state index contributed by atoms with van der Waals surface area (Å²) in [6.45, 7) is 4.05. The first-order valence-corrected chi connectivity index (χ1v) is 8.31. The molecule has 0 aliphatic rings. The van der Waals surface area contributed by atoms with E-state index in [0.29, 0.717) is 23.1 Å². The van der Waals surface area contributed by atoms with Crippen LogP contribution >= 0.6 is 47.2 Å². The van der Waals surface area contributed by atoms with E-state index in [1.54, 1.807) is 6.20 Å². The molecule has 2 N–H and O–H groups in total. The van der Waals surface area contributed by atoms with Crippen molar-refractivity contribution in [2.45, 2.75) is 19.9 Å². The SMILES string of the molecule is CCNC(=NCc1ccccn1)NCCc1c(Cl)cccc1Cl.I. The highest BCUT2D eigenvalue weighted by molar-refractivity contribution is 14.0. The molecule has 24 heavy (non-hydrogen) atoms. The van der Waals surface area contributed by atoms with Crippen molar-refractivity contribution < 1.29 is 0 Å². The normalized spacial score (nSPS) is 10.9. The predicted molar refractivity (Wildman–Crippen MR) is 113 cm³/mol. The van der Waals surface area contributed by atoms with E-state index in [4.69, 9.17) is 23.2 Å². The largest absolute Gasteiger partial charge is 0.357 e. The van der Waals surface area contributed by atoms with Crippen LogP contribution in [0.5, 0.6) is 0 Å². The second kappa shape index (κ2) is 11.5. The summed E-state index contributed by atoms with van der Waals surface area (Å²) in [6.07, 6.45) is 2.50. The Bertz CT molecular complexity index is 630. The summed E-state index contributed by atoms with van der Waals surface area (Å²) in [5.41, 5.74) is 1.88. The Morgan fingerprint density at radius 3 is 2.46 bits per heavy atom. The van der Waals surface area contributed by atoms with Gasteiger partial charge in [-0.25, -0.2) is 4.99 Å². The van der Waals surface area contributed by atoms with E-state index in [0.717, 1.165) is 30.2 Å². The summed E-state index contributed by atoms with van der Waals surface area (Å²) in [5, 5.41) is 7.88. The molecule has 1 aromatic heterocycles. The van der Waals surface area contributed by atoms with Gasteiger partial charge < -0.3 is 10.6 Å². The third kappa shape index (κ3) is 6.83. The highest BCUT2D eigenvalue weighted by atomic mass is 127. The molecule has 0 aliphatic carbocycles. The van der Waals surface area contributed by atoms with Gasteiger partial charge in [0.05, 0.1) is 12.2 Å². The van der Waals surface area contributed by atoms with E-state index in [1.165, 1.54) is 0 Å². The Morgan fingerprint density at radius 2 is 1.83 bits per heavy atom. The van der Waals surface area contributed by atoms with Crippen molar-refractivity contribution in [2.24, 2.45) is 4.99 Å². The number of rotatable bonds is 6. The van der Waals surface area contributed by atoms with Crippen LogP contribution < -0.4 is 10.6 Å². The molecule has 0 saturated heterocycles. The van der Waals surface area contributed by atoms with E-state index in [-0.39, 0.29) is 24.0 Å². The van der Waals surface area contributed by atoms with Crippen LogP contribution in [0.2, 0.25) is 10.0 Å². The molecule has 0 saturated carbocycles. The summed E-state index contributed by atoms with van der Waals surface area (Å²) in [5.74, 6) is 0.751. The molecule has 0 radical (unpaired) electrons. The second-order valence-corrected chi connectivity index (χ2v) is 5.71. The number of pyridine rings is 1. The molecule has 0 unspecified atom stereocenters. The minimum absolute atomic E-state index is 0. The number of halogens is 3.